The minimum absolute atomic E-state index is 0.181. The Bertz CT molecular complexity index is 1040. The fourth-order valence-electron chi connectivity index (χ4n) is 2.67. The molecule has 0 unspecified atom stereocenters. The Kier molecular flexibility index (Phi) is 2.94. The van der Waals surface area contributed by atoms with E-state index in [0.717, 1.165) is 16.6 Å². The molecule has 6 heteroatoms. The summed E-state index contributed by atoms with van der Waals surface area (Å²) in [5.74, 6) is 0.538. The van der Waals surface area contributed by atoms with Crippen molar-refractivity contribution in [2.45, 2.75) is 6.54 Å². The van der Waals surface area contributed by atoms with E-state index in [-0.39, 0.29) is 10.7 Å². The van der Waals surface area contributed by atoms with Crippen molar-refractivity contribution in [3.8, 4) is 0 Å². The first-order valence-electron chi connectivity index (χ1n) is 6.79. The molecule has 0 amide bonds. The van der Waals surface area contributed by atoms with Crippen molar-refractivity contribution < 1.29 is 0 Å². The minimum atomic E-state index is -0.181. The van der Waals surface area contributed by atoms with Gasteiger partial charge >= 0.3 is 0 Å². The summed E-state index contributed by atoms with van der Waals surface area (Å²) in [7, 11) is 0. The highest BCUT2D eigenvalue weighted by atomic mass is 35.5. The molecular formula is C16H11ClN4O. The van der Waals surface area contributed by atoms with Crippen molar-refractivity contribution in [1.29, 1.82) is 0 Å². The molecule has 3 heterocycles. The molecule has 0 saturated carbocycles. The first kappa shape index (κ1) is 13.0. The first-order chi connectivity index (χ1) is 10.7. The van der Waals surface area contributed by atoms with Gasteiger partial charge in [0.1, 0.15) is 5.15 Å². The second kappa shape index (κ2) is 4.96. The molecule has 22 heavy (non-hydrogen) atoms. The number of fused-ring (bicyclic) bond motifs is 3. The smallest absolute Gasteiger partial charge is 0.261 e. The maximum absolute atomic E-state index is 12.3. The Hall–Kier alpha value is -2.66. The van der Waals surface area contributed by atoms with E-state index in [0.29, 0.717) is 12.3 Å². The van der Waals surface area contributed by atoms with Crippen molar-refractivity contribution in [2.24, 2.45) is 0 Å². The summed E-state index contributed by atoms with van der Waals surface area (Å²) >= 11 is 5.98. The summed E-state index contributed by atoms with van der Waals surface area (Å²) in [5.41, 5.74) is 2.65. The standard InChI is InChI=1S/C16H11ClN4O/c17-14-9-15(22)21-13-4-2-1-3-12(13)20(16(21)19-14)10-11-5-7-18-8-6-11/h1-9H,10H2. The SMILES string of the molecule is O=c1cc(Cl)nc2n(Cc3ccncc3)c3ccccc3n12. The van der Waals surface area contributed by atoms with E-state index in [9.17, 15) is 4.79 Å². The summed E-state index contributed by atoms with van der Waals surface area (Å²) in [5, 5.41) is 0.198. The average Bonchev–Trinajstić information content (AvgIpc) is 2.83. The highest BCUT2D eigenvalue weighted by Gasteiger charge is 2.13. The Morgan fingerprint density at radius 2 is 1.77 bits per heavy atom. The van der Waals surface area contributed by atoms with Gasteiger partial charge < -0.3 is 4.57 Å². The Morgan fingerprint density at radius 3 is 2.55 bits per heavy atom. The third-order valence-electron chi connectivity index (χ3n) is 3.61. The molecule has 0 radical (unpaired) electrons. The van der Waals surface area contributed by atoms with Crippen LogP contribution in [0, 0.1) is 0 Å². The zero-order valence-corrected chi connectivity index (χ0v) is 12.2. The predicted octanol–water partition coefficient (Wildman–Crippen LogP) is 2.75. The summed E-state index contributed by atoms with van der Waals surface area (Å²) in [6.07, 6.45) is 3.49. The fraction of sp³-hybridized carbons (Fsp3) is 0.0625. The van der Waals surface area contributed by atoms with Crippen LogP contribution in [0.4, 0.5) is 0 Å². The molecular weight excluding hydrogens is 300 g/mol. The Labute approximate surface area is 130 Å². The van der Waals surface area contributed by atoms with Crippen LogP contribution in [0.5, 0.6) is 0 Å². The van der Waals surface area contributed by atoms with Gasteiger partial charge in [0.05, 0.1) is 17.6 Å². The van der Waals surface area contributed by atoms with Crippen LogP contribution >= 0.6 is 11.6 Å². The lowest BCUT2D eigenvalue weighted by Crippen LogP contribution is -2.13. The van der Waals surface area contributed by atoms with Gasteiger partial charge in [0.25, 0.3) is 5.56 Å². The zero-order chi connectivity index (χ0) is 15.1. The number of halogens is 1. The minimum Gasteiger partial charge on any atom is -0.305 e. The van der Waals surface area contributed by atoms with Gasteiger partial charge in [-0.05, 0) is 29.8 Å². The van der Waals surface area contributed by atoms with Crippen LogP contribution in [-0.2, 0) is 6.54 Å². The van der Waals surface area contributed by atoms with E-state index >= 15 is 0 Å². The van der Waals surface area contributed by atoms with Crippen molar-refractivity contribution in [3.05, 3.63) is 75.9 Å². The maximum atomic E-state index is 12.3. The van der Waals surface area contributed by atoms with Crippen molar-refractivity contribution in [3.63, 3.8) is 0 Å². The van der Waals surface area contributed by atoms with E-state index in [1.54, 1.807) is 16.8 Å². The summed E-state index contributed by atoms with van der Waals surface area (Å²) < 4.78 is 3.57. The number of rotatable bonds is 2. The van der Waals surface area contributed by atoms with Gasteiger partial charge in [-0.25, -0.2) is 9.38 Å². The fourth-order valence-corrected chi connectivity index (χ4v) is 2.84. The van der Waals surface area contributed by atoms with Crippen LogP contribution < -0.4 is 5.56 Å². The van der Waals surface area contributed by atoms with E-state index in [4.69, 9.17) is 11.6 Å². The topological polar surface area (TPSA) is 52.2 Å². The summed E-state index contributed by atoms with van der Waals surface area (Å²) in [4.78, 5) is 20.7. The third kappa shape index (κ3) is 1.98. The van der Waals surface area contributed by atoms with Crippen LogP contribution in [0.2, 0.25) is 5.15 Å². The van der Waals surface area contributed by atoms with Gasteiger partial charge in [0, 0.05) is 18.5 Å². The average molecular weight is 311 g/mol. The molecule has 0 bridgehead atoms. The largest absolute Gasteiger partial charge is 0.305 e. The first-order valence-corrected chi connectivity index (χ1v) is 7.17. The van der Waals surface area contributed by atoms with Crippen LogP contribution in [0.25, 0.3) is 16.8 Å². The molecule has 5 nitrogen and oxygen atoms in total. The molecule has 0 aliphatic rings. The number of nitrogens with zero attached hydrogens (tertiary/aromatic N) is 4. The van der Waals surface area contributed by atoms with E-state index in [2.05, 4.69) is 9.97 Å². The second-order valence-electron chi connectivity index (χ2n) is 4.98. The molecule has 0 spiro atoms. The number of hydrogen-bond donors (Lipinski definition) is 0. The zero-order valence-electron chi connectivity index (χ0n) is 11.5. The molecule has 0 atom stereocenters. The van der Waals surface area contributed by atoms with Crippen molar-refractivity contribution in [2.75, 3.05) is 0 Å². The number of imidazole rings is 1. The lowest BCUT2D eigenvalue weighted by Gasteiger charge is -2.05. The summed E-state index contributed by atoms with van der Waals surface area (Å²) in [6, 6.07) is 12.9. The van der Waals surface area contributed by atoms with Crippen molar-refractivity contribution >= 4 is 28.4 Å². The summed E-state index contributed by atoms with van der Waals surface area (Å²) in [6.45, 7) is 0.590. The molecule has 0 saturated heterocycles. The molecule has 0 N–H and O–H groups in total. The Balaban J connectivity index is 2.08. The predicted molar refractivity (Wildman–Crippen MR) is 85.3 cm³/mol. The quantitative estimate of drug-likeness (QED) is 0.535. The lowest BCUT2D eigenvalue weighted by molar-refractivity contribution is 0.831. The number of aromatic nitrogens is 4. The van der Waals surface area contributed by atoms with Gasteiger partial charge in [0.15, 0.2) is 0 Å². The van der Waals surface area contributed by atoms with E-state index < -0.39 is 0 Å². The molecule has 0 aliphatic carbocycles. The molecule has 1 aromatic carbocycles. The third-order valence-corrected chi connectivity index (χ3v) is 3.81. The number of hydrogen-bond acceptors (Lipinski definition) is 3. The maximum Gasteiger partial charge on any atom is 0.261 e. The monoisotopic (exact) mass is 310 g/mol. The van der Waals surface area contributed by atoms with Gasteiger partial charge in [-0.2, -0.15) is 0 Å². The molecule has 0 aliphatic heterocycles. The lowest BCUT2D eigenvalue weighted by atomic mass is 10.2. The highest BCUT2D eigenvalue weighted by molar-refractivity contribution is 6.29. The van der Waals surface area contributed by atoms with Crippen LogP contribution in [0.1, 0.15) is 5.56 Å². The Morgan fingerprint density at radius 1 is 1.05 bits per heavy atom. The molecule has 0 fully saturated rings. The number of para-hydroxylation sites is 2. The number of pyridine rings is 1. The molecule has 4 aromatic rings. The van der Waals surface area contributed by atoms with Crippen LogP contribution in [0.15, 0.2) is 59.7 Å². The van der Waals surface area contributed by atoms with Gasteiger partial charge in [-0.1, -0.05) is 23.7 Å². The van der Waals surface area contributed by atoms with Crippen LogP contribution in [0.3, 0.4) is 0 Å². The van der Waals surface area contributed by atoms with Gasteiger partial charge in [-0.3, -0.25) is 9.78 Å². The van der Waals surface area contributed by atoms with Gasteiger partial charge in [-0.15, -0.1) is 0 Å². The second-order valence-corrected chi connectivity index (χ2v) is 5.37. The normalized spacial score (nSPS) is 11.3. The van der Waals surface area contributed by atoms with Crippen LogP contribution in [-0.4, -0.2) is 18.9 Å². The van der Waals surface area contributed by atoms with Crippen molar-refractivity contribution in [1.82, 2.24) is 18.9 Å². The van der Waals surface area contributed by atoms with E-state index in [1.165, 1.54) is 6.07 Å². The highest BCUT2D eigenvalue weighted by Crippen LogP contribution is 2.20. The molecule has 4 rings (SSSR count). The molecule has 108 valence electrons. The number of benzene rings is 1. The van der Waals surface area contributed by atoms with Gasteiger partial charge in [0.2, 0.25) is 5.78 Å². The van der Waals surface area contributed by atoms with E-state index in [1.807, 2.05) is 41.0 Å². The molecule has 3 aromatic heterocycles.